The van der Waals surface area contributed by atoms with Crippen LogP contribution in [0.2, 0.25) is 0 Å². The van der Waals surface area contributed by atoms with E-state index in [-0.39, 0.29) is 5.91 Å². The smallest absolute Gasteiger partial charge is 0.254 e. The summed E-state index contributed by atoms with van der Waals surface area (Å²) in [6, 6.07) is 5.18. The van der Waals surface area contributed by atoms with Crippen molar-refractivity contribution in [1.29, 1.82) is 0 Å². The summed E-state index contributed by atoms with van der Waals surface area (Å²) in [5.74, 6) is 0.668. The van der Waals surface area contributed by atoms with Gasteiger partial charge in [0, 0.05) is 30.4 Å². The van der Waals surface area contributed by atoms with Gasteiger partial charge in [-0.25, -0.2) is 0 Å². The molecule has 19 heavy (non-hydrogen) atoms. The highest BCUT2D eigenvalue weighted by molar-refractivity contribution is 5.95. The van der Waals surface area contributed by atoms with E-state index in [4.69, 9.17) is 10.5 Å². The van der Waals surface area contributed by atoms with Crippen LogP contribution in [0.4, 0.5) is 5.69 Å². The Kier molecular flexibility index (Phi) is 3.69. The highest BCUT2D eigenvalue weighted by atomic mass is 16.5. The van der Waals surface area contributed by atoms with Gasteiger partial charge in [0.2, 0.25) is 0 Å². The van der Waals surface area contributed by atoms with E-state index in [9.17, 15) is 4.79 Å². The van der Waals surface area contributed by atoms with Crippen LogP contribution in [0.25, 0.3) is 0 Å². The fourth-order valence-corrected chi connectivity index (χ4v) is 2.36. The van der Waals surface area contributed by atoms with Crippen LogP contribution in [0, 0.1) is 5.41 Å². The SMILES string of the molecule is COc1cc(N)cc(C(=O)N2CCC(C)(C)CC2)c1. The van der Waals surface area contributed by atoms with Gasteiger partial charge in [0.1, 0.15) is 5.75 Å². The second-order valence-corrected chi connectivity index (χ2v) is 5.95. The molecule has 1 amide bonds. The van der Waals surface area contributed by atoms with E-state index in [0.717, 1.165) is 25.9 Å². The molecule has 1 saturated heterocycles. The van der Waals surface area contributed by atoms with Crippen LogP contribution in [0.5, 0.6) is 5.75 Å². The van der Waals surface area contributed by atoms with Crippen LogP contribution in [-0.4, -0.2) is 31.0 Å². The number of nitrogen functional groups attached to an aromatic ring is 1. The molecule has 0 spiro atoms. The van der Waals surface area contributed by atoms with Gasteiger partial charge in [-0.3, -0.25) is 4.79 Å². The lowest BCUT2D eigenvalue weighted by Crippen LogP contribution is -2.41. The molecule has 1 heterocycles. The van der Waals surface area contributed by atoms with Gasteiger partial charge in [0.15, 0.2) is 0 Å². The monoisotopic (exact) mass is 262 g/mol. The summed E-state index contributed by atoms with van der Waals surface area (Å²) >= 11 is 0. The summed E-state index contributed by atoms with van der Waals surface area (Å²) in [6.45, 7) is 6.11. The molecule has 4 nitrogen and oxygen atoms in total. The van der Waals surface area contributed by atoms with Crippen LogP contribution < -0.4 is 10.5 Å². The van der Waals surface area contributed by atoms with E-state index in [0.29, 0.717) is 22.4 Å². The molecule has 0 aliphatic carbocycles. The molecule has 4 heteroatoms. The van der Waals surface area contributed by atoms with Gasteiger partial charge in [-0.15, -0.1) is 0 Å². The maximum absolute atomic E-state index is 12.4. The van der Waals surface area contributed by atoms with Crippen LogP contribution in [-0.2, 0) is 0 Å². The maximum Gasteiger partial charge on any atom is 0.254 e. The molecular formula is C15H22N2O2. The molecule has 1 aromatic rings. The Morgan fingerprint density at radius 2 is 1.89 bits per heavy atom. The van der Waals surface area contributed by atoms with Gasteiger partial charge in [0.25, 0.3) is 5.91 Å². The third-order valence-corrected chi connectivity index (χ3v) is 3.82. The van der Waals surface area contributed by atoms with Gasteiger partial charge >= 0.3 is 0 Å². The first-order valence-electron chi connectivity index (χ1n) is 6.65. The summed E-state index contributed by atoms with van der Waals surface area (Å²) in [5, 5.41) is 0. The van der Waals surface area contributed by atoms with E-state index >= 15 is 0 Å². The van der Waals surface area contributed by atoms with Gasteiger partial charge in [-0.1, -0.05) is 13.8 Å². The molecule has 0 bridgehead atoms. The van der Waals surface area contributed by atoms with Crippen LogP contribution >= 0.6 is 0 Å². The Bertz CT molecular complexity index is 473. The summed E-state index contributed by atoms with van der Waals surface area (Å²) < 4.78 is 5.16. The molecule has 0 aromatic heterocycles. The Labute approximate surface area is 114 Å². The summed E-state index contributed by atoms with van der Waals surface area (Å²) in [7, 11) is 1.58. The zero-order valence-corrected chi connectivity index (χ0v) is 11.9. The fourth-order valence-electron chi connectivity index (χ4n) is 2.36. The van der Waals surface area contributed by atoms with E-state index < -0.39 is 0 Å². The number of hydrogen-bond donors (Lipinski definition) is 1. The van der Waals surface area contributed by atoms with Gasteiger partial charge in [-0.2, -0.15) is 0 Å². The minimum absolute atomic E-state index is 0.0427. The molecule has 2 N–H and O–H groups in total. The van der Waals surface area contributed by atoms with Crippen molar-refractivity contribution in [3.8, 4) is 5.75 Å². The number of amides is 1. The average Bonchev–Trinajstić information content (AvgIpc) is 2.37. The van der Waals surface area contributed by atoms with Gasteiger partial charge in [0.05, 0.1) is 7.11 Å². The summed E-state index contributed by atoms with van der Waals surface area (Å²) in [6.07, 6.45) is 2.08. The van der Waals surface area contributed by atoms with Crippen molar-refractivity contribution in [2.45, 2.75) is 26.7 Å². The topological polar surface area (TPSA) is 55.6 Å². The number of carbonyl (C=O) groups excluding carboxylic acids is 1. The molecule has 104 valence electrons. The van der Waals surface area contributed by atoms with Crippen LogP contribution in [0.1, 0.15) is 37.0 Å². The number of hydrogen-bond acceptors (Lipinski definition) is 3. The van der Waals surface area contributed by atoms with Crippen molar-refractivity contribution in [1.82, 2.24) is 4.90 Å². The number of piperidine rings is 1. The first-order valence-corrected chi connectivity index (χ1v) is 6.65. The van der Waals surface area contributed by atoms with E-state index in [1.807, 2.05) is 4.90 Å². The second kappa shape index (κ2) is 5.11. The normalized spacial score (nSPS) is 18.2. The molecule has 1 aliphatic heterocycles. The molecule has 0 radical (unpaired) electrons. The molecule has 0 unspecified atom stereocenters. The third-order valence-electron chi connectivity index (χ3n) is 3.82. The van der Waals surface area contributed by atoms with E-state index in [1.165, 1.54) is 0 Å². The standard InChI is InChI=1S/C15H22N2O2/c1-15(2)4-6-17(7-5-15)14(18)11-8-12(16)10-13(9-11)19-3/h8-10H,4-7,16H2,1-3H3. The first kappa shape index (κ1) is 13.7. The number of benzene rings is 1. The number of carbonyl (C=O) groups is 1. The summed E-state index contributed by atoms with van der Waals surface area (Å²) in [4.78, 5) is 14.3. The second-order valence-electron chi connectivity index (χ2n) is 5.95. The van der Waals surface area contributed by atoms with Crippen molar-refractivity contribution >= 4 is 11.6 Å². The number of methoxy groups -OCH3 is 1. The number of likely N-dealkylation sites (tertiary alicyclic amines) is 1. The highest BCUT2D eigenvalue weighted by Gasteiger charge is 2.28. The number of nitrogens with two attached hydrogens (primary N) is 1. The number of ether oxygens (including phenoxy) is 1. The lowest BCUT2D eigenvalue weighted by atomic mass is 9.82. The molecule has 1 fully saturated rings. The lowest BCUT2D eigenvalue weighted by Gasteiger charge is -2.37. The predicted octanol–water partition coefficient (Wildman–Crippen LogP) is 2.54. The number of anilines is 1. The number of rotatable bonds is 2. The first-order chi connectivity index (χ1) is 8.91. The average molecular weight is 262 g/mol. The summed E-state index contributed by atoms with van der Waals surface area (Å²) in [5.41, 5.74) is 7.30. The molecule has 0 atom stereocenters. The zero-order valence-electron chi connectivity index (χ0n) is 11.9. The Morgan fingerprint density at radius 3 is 2.47 bits per heavy atom. The molecule has 0 saturated carbocycles. The van der Waals surface area contributed by atoms with Crippen molar-refractivity contribution in [3.63, 3.8) is 0 Å². The number of nitrogens with zero attached hydrogens (tertiary/aromatic N) is 1. The van der Waals surface area contributed by atoms with Crippen molar-refractivity contribution in [2.24, 2.45) is 5.41 Å². The van der Waals surface area contributed by atoms with Crippen molar-refractivity contribution in [2.75, 3.05) is 25.9 Å². The minimum Gasteiger partial charge on any atom is -0.497 e. The Balaban J connectivity index is 2.14. The predicted molar refractivity (Wildman–Crippen MR) is 76.3 cm³/mol. The quantitative estimate of drug-likeness (QED) is 0.833. The van der Waals surface area contributed by atoms with E-state index in [2.05, 4.69) is 13.8 Å². The highest BCUT2D eigenvalue weighted by Crippen LogP contribution is 2.30. The molecule has 2 rings (SSSR count). The van der Waals surface area contributed by atoms with Crippen molar-refractivity contribution in [3.05, 3.63) is 23.8 Å². The zero-order chi connectivity index (χ0) is 14.0. The van der Waals surface area contributed by atoms with Crippen LogP contribution in [0.3, 0.4) is 0 Å². The molecule has 1 aliphatic rings. The van der Waals surface area contributed by atoms with Crippen molar-refractivity contribution < 1.29 is 9.53 Å². The lowest BCUT2D eigenvalue weighted by molar-refractivity contribution is 0.0630. The van der Waals surface area contributed by atoms with Gasteiger partial charge < -0.3 is 15.4 Å². The van der Waals surface area contributed by atoms with Crippen LogP contribution in [0.15, 0.2) is 18.2 Å². The maximum atomic E-state index is 12.4. The molecule has 1 aromatic carbocycles. The molecular weight excluding hydrogens is 240 g/mol. The fraction of sp³-hybridized carbons (Fsp3) is 0.533. The minimum atomic E-state index is 0.0427. The Morgan fingerprint density at radius 1 is 1.26 bits per heavy atom. The van der Waals surface area contributed by atoms with E-state index in [1.54, 1.807) is 25.3 Å². The van der Waals surface area contributed by atoms with Gasteiger partial charge in [-0.05, 0) is 30.4 Å². The Hall–Kier alpha value is -1.71. The largest absolute Gasteiger partial charge is 0.497 e. The third kappa shape index (κ3) is 3.19.